The summed E-state index contributed by atoms with van der Waals surface area (Å²) in [6.45, 7) is 3.59. The van der Waals surface area contributed by atoms with Gasteiger partial charge in [-0.05, 0) is 44.0 Å². The zero-order valence-electron chi connectivity index (χ0n) is 14.7. The maximum absolute atomic E-state index is 11.7. The molecule has 138 valence electrons. The second kappa shape index (κ2) is 8.48. The first-order valence-electron chi connectivity index (χ1n) is 8.67. The van der Waals surface area contributed by atoms with E-state index in [-0.39, 0.29) is 12.1 Å². The lowest BCUT2D eigenvalue weighted by Gasteiger charge is -2.15. The molecule has 3 rings (SSSR count). The van der Waals surface area contributed by atoms with Gasteiger partial charge in [-0.2, -0.15) is 0 Å². The van der Waals surface area contributed by atoms with Gasteiger partial charge in [0.15, 0.2) is 11.6 Å². The molecule has 2 heterocycles. The first-order valence-corrected chi connectivity index (χ1v) is 8.67. The molecular formula is C18H23N5O3. The Labute approximate surface area is 152 Å². The van der Waals surface area contributed by atoms with Crippen molar-refractivity contribution in [3.63, 3.8) is 0 Å². The largest absolute Gasteiger partial charge is 0.462 e. The molecule has 0 amide bonds. The summed E-state index contributed by atoms with van der Waals surface area (Å²) in [5.41, 5.74) is 7.85. The highest BCUT2D eigenvalue weighted by molar-refractivity contribution is 5.90. The molecule has 2 aromatic rings. The number of carbonyl (C=O) groups is 1. The Morgan fingerprint density at radius 2 is 2.08 bits per heavy atom. The number of aromatic nitrogens is 2. The maximum atomic E-state index is 11.7. The second-order valence-electron chi connectivity index (χ2n) is 5.92. The van der Waals surface area contributed by atoms with Gasteiger partial charge < -0.3 is 25.8 Å². The van der Waals surface area contributed by atoms with Crippen molar-refractivity contribution in [3.05, 3.63) is 36.2 Å². The van der Waals surface area contributed by atoms with Crippen LogP contribution in [0.25, 0.3) is 0 Å². The molecule has 0 saturated carbocycles. The molecule has 1 atom stereocenters. The Morgan fingerprint density at radius 1 is 1.31 bits per heavy atom. The Morgan fingerprint density at radius 3 is 2.77 bits per heavy atom. The molecule has 0 spiro atoms. The highest BCUT2D eigenvalue weighted by atomic mass is 16.5. The molecule has 1 aromatic carbocycles. The van der Waals surface area contributed by atoms with Gasteiger partial charge in [0, 0.05) is 18.8 Å². The van der Waals surface area contributed by atoms with Crippen molar-refractivity contribution in [3.8, 4) is 0 Å². The molecule has 1 unspecified atom stereocenters. The third-order valence-electron chi connectivity index (χ3n) is 4.06. The van der Waals surface area contributed by atoms with Crippen molar-refractivity contribution in [2.24, 2.45) is 0 Å². The van der Waals surface area contributed by atoms with E-state index in [0.717, 1.165) is 25.1 Å². The second-order valence-corrected chi connectivity index (χ2v) is 5.92. The van der Waals surface area contributed by atoms with E-state index in [4.69, 9.17) is 15.2 Å². The number of anilines is 4. The Bertz CT molecular complexity index is 745. The molecular weight excluding hydrogens is 334 g/mol. The van der Waals surface area contributed by atoms with Crippen LogP contribution in [0.4, 0.5) is 23.0 Å². The van der Waals surface area contributed by atoms with E-state index in [2.05, 4.69) is 20.6 Å². The molecule has 26 heavy (non-hydrogen) atoms. The van der Waals surface area contributed by atoms with Crippen LogP contribution in [0.2, 0.25) is 0 Å². The van der Waals surface area contributed by atoms with Crippen LogP contribution in [0.1, 0.15) is 30.1 Å². The first kappa shape index (κ1) is 17.9. The number of esters is 1. The fraction of sp³-hybridized carbons (Fsp3) is 0.389. The van der Waals surface area contributed by atoms with Crippen LogP contribution in [-0.4, -0.2) is 41.8 Å². The summed E-state index contributed by atoms with van der Waals surface area (Å²) in [4.78, 5) is 20.1. The third kappa shape index (κ3) is 4.40. The average Bonchev–Trinajstić information content (AvgIpc) is 3.17. The Hall–Kier alpha value is -2.87. The molecule has 0 radical (unpaired) electrons. The summed E-state index contributed by atoms with van der Waals surface area (Å²) in [7, 11) is 0. The normalized spacial score (nSPS) is 16.3. The topological polar surface area (TPSA) is 111 Å². The van der Waals surface area contributed by atoms with Gasteiger partial charge in [-0.1, -0.05) is 0 Å². The highest BCUT2D eigenvalue weighted by Gasteiger charge is 2.16. The number of benzene rings is 1. The fourth-order valence-electron chi connectivity index (χ4n) is 2.69. The summed E-state index contributed by atoms with van der Waals surface area (Å²) in [6.07, 6.45) is 3.76. The van der Waals surface area contributed by atoms with E-state index in [1.54, 1.807) is 31.2 Å². The van der Waals surface area contributed by atoms with Crippen molar-refractivity contribution < 1.29 is 14.3 Å². The third-order valence-corrected chi connectivity index (χ3v) is 4.06. The number of carbonyl (C=O) groups excluding carboxylic acids is 1. The SMILES string of the molecule is CCOC(=O)c1ccc(Nc2ncnc(NCC3CCCO3)c2N)cc1. The molecule has 0 aliphatic carbocycles. The Kier molecular flexibility index (Phi) is 5.85. The number of hydrogen-bond donors (Lipinski definition) is 3. The van der Waals surface area contributed by atoms with Crippen LogP contribution in [0.15, 0.2) is 30.6 Å². The number of ether oxygens (including phenoxy) is 2. The van der Waals surface area contributed by atoms with E-state index in [1.165, 1.54) is 6.33 Å². The zero-order valence-corrected chi connectivity index (χ0v) is 14.7. The molecule has 4 N–H and O–H groups in total. The van der Waals surface area contributed by atoms with E-state index in [9.17, 15) is 4.79 Å². The molecule has 1 fully saturated rings. The van der Waals surface area contributed by atoms with Crippen LogP contribution in [0.5, 0.6) is 0 Å². The number of rotatable bonds is 7. The summed E-state index contributed by atoms with van der Waals surface area (Å²) < 4.78 is 10.6. The van der Waals surface area contributed by atoms with Crippen molar-refractivity contribution in [1.82, 2.24) is 9.97 Å². The van der Waals surface area contributed by atoms with Crippen molar-refractivity contribution in [2.75, 3.05) is 36.1 Å². The molecule has 1 aliphatic heterocycles. The predicted octanol–water partition coefficient (Wildman–Crippen LogP) is 2.57. The van der Waals surface area contributed by atoms with E-state index < -0.39 is 0 Å². The number of nitrogens with two attached hydrogens (primary N) is 1. The monoisotopic (exact) mass is 357 g/mol. The van der Waals surface area contributed by atoms with Crippen LogP contribution < -0.4 is 16.4 Å². The van der Waals surface area contributed by atoms with Gasteiger partial charge in [-0.15, -0.1) is 0 Å². The highest BCUT2D eigenvalue weighted by Crippen LogP contribution is 2.26. The molecule has 0 bridgehead atoms. The summed E-state index contributed by atoms with van der Waals surface area (Å²) in [6, 6.07) is 6.92. The lowest BCUT2D eigenvalue weighted by molar-refractivity contribution is 0.0526. The van der Waals surface area contributed by atoms with Crippen LogP contribution >= 0.6 is 0 Å². The Balaban J connectivity index is 1.65. The lowest BCUT2D eigenvalue weighted by atomic mass is 10.2. The van der Waals surface area contributed by atoms with Gasteiger partial charge in [0.05, 0.1) is 18.3 Å². The minimum Gasteiger partial charge on any atom is -0.462 e. The van der Waals surface area contributed by atoms with E-state index >= 15 is 0 Å². The van der Waals surface area contributed by atoms with E-state index in [0.29, 0.717) is 36.0 Å². The standard InChI is InChI=1S/C18H23N5O3/c1-2-25-18(24)12-5-7-13(8-6-12)23-17-15(19)16(21-11-22-17)20-10-14-4-3-9-26-14/h5-8,11,14H,2-4,9-10,19H2,1H3,(H2,20,21,22,23). The van der Waals surface area contributed by atoms with Crippen LogP contribution in [0, 0.1) is 0 Å². The van der Waals surface area contributed by atoms with Crippen LogP contribution in [-0.2, 0) is 9.47 Å². The summed E-state index contributed by atoms with van der Waals surface area (Å²) in [5.74, 6) is 0.723. The number of nitrogens with zero attached hydrogens (tertiary/aromatic N) is 2. The van der Waals surface area contributed by atoms with E-state index in [1.807, 2.05) is 0 Å². The van der Waals surface area contributed by atoms with Gasteiger partial charge in [0.2, 0.25) is 0 Å². The zero-order chi connectivity index (χ0) is 18.4. The first-order chi connectivity index (χ1) is 12.7. The molecule has 8 nitrogen and oxygen atoms in total. The average molecular weight is 357 g/mol. The van der Waals surface area contributed by atoms with Gasteiger partial charge in [0.1, 0.15) is 12.0 Å². The van der Waals surface area contributed by atoms with Crippen molar-refractivity contribution >= 4 is 29.0 Å². The molecule has 1 aliphatic rings. The maximum Gasteiger partial charge on any atom is 0.338 e. The summed E-state index contributed by atoms with van der Waals surface area (Å²) >= 11 is 0. The van der Waals surface area contributed by atoms with Gasteiger partial charge in [0.25, 0.3) is 0 Å². The van der Waals surface area contributed by atoms with Gasteiger partial charge in [-0.3, -0.25) is 0 Å². The lowest BCUT2D eigenvalue weighted by Crippen LogP contribution is -2.20. The smallest absolute Gasteiger partial charge is 0.338 e. The predicted molar refractivity (Wildman–Crippen MR) is 99.6 cm³/mol. The van der Waals surface area contributed by atoms with Crippen molar-refractivity contribution in [1.29, 1.82) is 0 Å². The molecule has 1 saturated heterocycles. The number of hydrogen-bond acceptors (Lipinski definition) is 8. The number of nitrogen functional groups attached to an aromatic ring is 1. The number of nitrogens with one attached hydrogen (secondary N) is 2. The van der Waals surface area contributed by atoms with Crippen molar-refractivity contribution in [2.45, 2.75) is 25.9 Å². The minimum absolute atomic E-state index is 0.191. The summed E-state index contributed by atoms with van der Waals surface area (Å²) in [5, 5.41) is 6.36. The van der Waals surface area contributed by atoms with Gasteiger partial charge >= 0.3 is 5.97 Å². The fourth-order valence-corrected chi connectivity index (χ4v) is 2.69. The van der Waals surface area contributed by atoms with Gasteiger partial charge in [-0.25, -0.2) is 14.8 Å². The quantitative estimate of drug-likeness (QED) is 0.648. The van der Waals surface area contributed by atoms with Crippen LogP contribution in [0.3, 0.4) is 0 Å². The molecule has 1 aromatic heterocycles. The molecule has 8 heteroatoms. The minimum atomic E-state index is -0.346.